The Hall–Kier alpha value is -1.35. The quantitative estimate of drug-likeness (QED) is 0.843. The summed E-state index contributed by atoms with van der Waals surface area (Å²) in [6.07, 6.45) is 0. The molecule has 0 spiro atoms. The molecule has 1 aliphatic rings. The van der Waals surface area contributed by atoms with Crippen molar-refractivity contribution < 1.29 is 9.53 Å². The van der Waals surface area contributed by atoms with Crippen LogP contribution >= 0.6 is 0 Å². The van der Waals surface area contributed by atoms with Gasteiger partial charge in [0.15, 0.2) is 5.78 Å². The Labute approximate surface area is 95.8 Å². The largest absolute Gasteiger partial charge is 0.492 e. The minimum Gasteiger partial charge on any atom is -0.492 e. The van der Waals surface area contributed by atoms with Gasteiger partial charge in [-0.15, -0.1) is 0 Å². The van der Waals surface area contributed by atoms with Crippen LogP contribution in [-0.2, 0) is 0 Å². The molecule has 0 saturated heterocycles. The van der Waals surface area contributed by atoms with Crippen molar-refractivity contribution in [2.24, 2.45) is 5.92 Å². The summed E-state index contributed by atoms with van der Waals surface area (Å²) in [6, 6.07) is 7.83. The van der Waals surface area contributed by atoms with Crippen LogP contribution < -0.4 is 10.1 Å². The molecule has 16 heavy (non-hydrogen) atoms. The topological polar surface area (TPSA) is 38.3 Å². The van der Waals surface area contributed by atoms with E-state index in [0.717, 1.165) is 0 Å². The number of fused-ring (bicyclic) bond motifs is 1. The van der Waals surface area contributed by atoms with Crippen molar-refractivity contribution in [1.82, 2.24) is 5.32 Å². The van der Waals surface area contributed by atoms with Gasteiger partial charge in [-0.05, 0) is 12.1 Å². The summed E-state index contributed by atoms with van der Waals surface area (Å²) >= 11 is 0. The predicted octanol–water partition coefficient (Wildman–Crippen LogP) is 1.88. The summed E-state index contributed by atoms with van der Waals surface area (Å²) in [6.45, 7) is 5.31. The van der Waals surface area contributed by atoms with Crippen molar-refractivity contribution in [3.63, 3.8) is 0 Å². The second-order valence-electron chi connectivity index (χ2n) is 4.43. The van der Waals surface area contributed by atoms with Gasteiger partial charge in [-0.1, -0.05) is 26.0 Å². The van der Waals surface area contributed by atoms with Gasteiger partial charge in [-0.3, -0.25) is 4.79 Å². The SMILES string of the molecule is CC(C)NC[C@@H]1COc2ccccc2C1=O. The summed E-state index contributed by atoms with van der Waals surface area (Å²) in [4.78, 5) is 12.1. The number of Topliss-reactive ketones (excluding diaryl/α,β-unsaturated/α-hetero) is 1. The van der Waals surface area contributed by atoms with Gasteiger partial charge in [0.05, 0.1) is 18.1 Å². The number of carbonyl (C=O) groups is 1. The third kappa shape index (κ3) is 2.25. The predicted molar refractivity (Wildman–Crippen MR) is 62.9 cm³/mol. The fourth-order valence-corrected chi connectivity index (χ4v) is 1.81. The molecule has 1 heterocycles. The number of nitrogens with one attached hydrogen (secondary N) is 1. The van der Waals surface area contributed by atoms with Gasteiger partial charge >= 0.3 is 0 Å². The first-order valence-corrected chi connectivity index (χ1v) is 5.68. The Kier molecular flexibility index (Phi) is 3.25. The number of ketones is 1. The van der Waals surface area contributed by atoms with Gasteiger partial charge in [0, 0.05) is 12.6 Å². The molecule has 0 bridgehead atoms. The number of ether oxygens (including phenoxy) is 1. The Morgan fingerprint density at radius 1 is 1.44 bits per heavy atom. The molecule has 0 radical (unpaired) electrons. The molecule has 0 amide bonds. The van der Waals surface area contributed by atoms with Gasteiger partial charge < -0.3 is 10.1 Å². The van der Waals surface area contributed by atoms with E-state index in [1.807, 2.05) is 24.3 Å². The van der Waals surface area contributed by atoms with Crippen molar-refractivity contribution in [2.75, 3.05) is 13.2 Å². The van der Waals surface area contributed by atoms with E-state index in [1.54, 1.807) is 0 Å². The van der Waals surface area contributed by atoms with E-state index < -0.39 is 0 Å². The minimum absolute atomic E-state index is 0.0581. The van der Waals surface area contributed by atoms with Crippen LogP contribution in [0.4, 0.5) is 0 Å². The van der Waals surface area contributed by atoms with Crippen LogP contribution in [0.1, 0.15) is 24.2 Å². The molecule has 0 fully saturated rings. The lowest BCUT2D eigenvalue weighted by Crippen LogP contribution is -2.38. The smallest absolute Gasteiger partial charge is 0.174 e. The average Bonchev–Trinajstić information content (AvgIpc) is 2.28. The summed E-state index contributed by atoms with van der Waals surface area (Å²) < 4.78 is 5.58. The molecule has 1 aromatic rings. The highest BCUT2D eigenvalue weighted by Crippen LogP contribution is 2.26. The normalized spacial score (nSPS) is 19.4. The zero-order valence-corrected chi connectivity index (χ0v) is 9.69. The van der Waals surface area contributed by atoms with Crippen LogP contribution in [0.3, 0.4) is 0 Å². The highest BCUT2D eigenvalue weighted by molar-refractivity contribution is 6.01. The van der Waals surface area contributed by atoms with Crippen molar-refractivity contribution in [3.8, 4) is 5.75 Å². The van der Waals surface area contributed by atoms with Crippen molar-refractivity contribution in [3.05, 3.63) is 29.8 Å². The number of hydrogen-bond donors (Lipinski definition) is 1. The third-order valence-corrected chi connectivity index (χ3v) is 2.74. The summed E-state index contributed by atoms with van der Waals surface area (Å²) in [5.74, 6) is 0.848. The highest BCUT2D eigenvalue weighted by atomic mass is 16.5. The van der Waals surface area contributed by atoms with Gasteiger partial charge in [-0.25, -0.2) is 0 Å². The summed E-state index contributed by atoms with van der Waals surface area (Å²) in [5, 5.41) is 3.28. The molecule has 2 rings (SSSR count). The molecular weight excluding hydrogens is 202 g/mol. The van der Waals surface area contributed by atoms with E-state index >= 15 is 0 Å². The number of benzene rings is 1. The second-order valence-corrected chi connectivity index (χ2v) is 4.43. The van der Waals surface area contributed by atoms with Gasteiger partial charge in [0.2, 0.25) is 0 Å². The molecule has 0 saturated carbocycles. The monoisotopic (exact) mass is 219 g/mol. The molecule has 3 heteroatoms. The lowest BCUT2D eigenvalue weighted by Gasteiger charge is -2.24. The first-order valence-electron chi connectivity index (χ1n) is 5.68. The van der Waals surface area contributed by atoms with Crippen LogP contribution in [-0.4, -0.2) is 25.0 Å². The first-order chi connectivity index (χ1) is 7.68. The molecule has 1 N–H and O–H groups in total. The van der Waals surface area contributed by atoms with E-state index in [0.29, 0.717) is 30.5 Å². The average molecular weight is 219 g/mol. The Morgan fingerprint density at radius 2 is 2.19 bits per heavy atom. The fraction of sp³-hybridized carbons (Fsp3) is 0.462. The second kappa shape index (κ2) is 4.66. The lowest BCUT2D eigenvalue weighted by atomic mass is 9.95. The Morgan fingerprint density at radius 3 is 2.94 bits per heavy atom. The molecule has 1 atom stereocenters. The molecular formula is C13H17NO2. The van der Waals surface area contributed by atoms with Crippen LogP contribution in [0.25, 0.3) is 0 Å². The van der Waals surface area contributed by atoms with E-state index in [4.69, 9.17) is 4.74 Å². The van der Waals surface area contributed by atoms with Gasteiger partial charge in [0.25, 0.3) is 0 Å². The van der Waals surface area contributed by atoms with Crippen LogP contribution in [0, 0.1) is 5.92 Å². The third-order valence-electron chi connectivity index (χ3n) is 2.74. The number of hydrogen-bond acceptors (Lipinski definition) is 3. The number of para-hydroxylation sites is 1. The minimum atomic E-state index is -0.0581. The van der Waals surface area contributed by atoms with E-state index in [2.05, 4.69) is 19.2 Å². The fourth-order valence-electron chi connectivity index (χ4n) is 1.81. The van der Waals surface area contributed by atoms with Crippen molar-refractivity contribution in [1.29, 1.82) is 0 Å². The van der Waals surface area contributed by atoms with Crippen LogP contribution in [0.15, 0.2) is 24.3 Å². The summed E-state index contributed by atoms with van der Waals surface area (Å²) in [7, 11) is 0. The van der Waals surface area contributed by atoms with E-state index in [9.17, 15) is 4.79 Å². The highest BCUT2D eigenvalue weighted by Gasteiger charge is 2.28. The van der Waals surface area contributed by atoms with Gasteiger partial charge in [-0.2, -0.15) is 0 Å². The Balaban J connectivity index is 2.09. The lowest BCUT2D eigenvalue weighted by molar-refractivity contribution is 0.0828. The van der Waals surface area contributed by atoms with Crippen molar-refractivity contribution >= 4 is 5.78 Å². The molecule has 3 nitrogen and oxygen atoms in total. The molecule has 0 aromatic heterocycles. The standard InChI is InChI=1S/C13H17NO2/c1-9(2)14-7-10-8-16-12-6-4-3-5-11(12)13(10)15/h3-6,9-10,14H,7-8H2,1-2H3/t10-/m1/s1. The van der Waals surface area contributed by atoms with Gasteiger partial charge in [0.1, 0.15) is 5.75 Å². The van der Waals surface area contributed by atoms with Crippen LogP contribution in [0.5, 0.6) is 5.75 Å². The molecule has 1 aliphatic heterocycles. The molecule has 86 valence electrons. The maximum atomic E-state index is 12.1. The maximum absolute atomic E-state index is 12.1. The zero-order chi connectivity index (χ0) is 11.5. The molecule has 0 unspecified atom stereocenters. The molecule has 1 aromatic carbocycles. The first kappa shape index (κ1) is 11.1. The zero-order valence-electron chi connectivity index (χ0n) is 9.69. The Bertz CT molecular complexity index is 387. The van der Waals surface area contributed by atoms with Crippen LogP contribution in [0.2, 0.25) is 0 Å². The van der Waals surface area contributed by atoms with E-state index in [-0.39, 0.29) is 11.7 Å². The van der Waals surface area contributed by atoms with E-state index in [1.165, 1.54) is 0 Å². The maximum Gasteiger partial charge on any atom is 0.174 e. The molecule has 0 aliphatic carbocycles. The number of rotatable bonds is 3. The number of carbonyl (C=O) groups excluding carboxylic acids is 1. The van der Waals surface area contributed by atoms with Crippen molar-refractivity contribution in [2.45, 2.75) is 19.9 Å². The summed E-state index contributed by atoms with van der Waals surface area (Å²) in [5.41, 5.74) is 0.712.